The van der Waals surface area contributed by atoms with Gasteiger partial charge in [-0.15, -0.1) is 0 Å². The number of aromatic nitrogens is 2. The van der Waals surface area contributed by atoms with Gasteiger partial charge in [0.2, 0.25) is 0 Å². The summed E-state index contributed by atoms with van der Waals surface area (Å²) in [7, 11) is 0. The van der Waals surface area contributed by atoms with Gasteiger partial charge in [-0.05, 0) is 24.6 Å². The highest BCUT2D eigenvalue weighted by molar-refractivity contribution is 5.78. The molecular weight excluding hydrogens is 308 g/mol. The zero-order valence-electron chi connectivity index (χ0n) is 13.1. The first-order valence-electron chi connectivity index (χ1n) is 7.52. The minimum atomic E-state index is -1.02. The third kappa shape index (κ3) is 2.99. The summed E-state index contributed by atoms with van der Waals surface area (Å²) in [5.41, 5.74) is 0.118. The van der Waals surface area contributed by atoms with Gasteiger partial charge in [-0.1, -0.05) is 42.5 Å². The Labute approximate surface area is 137 Å². The van der Waals surface area contributed by atoms with E-state index in [4.69, 9.17) is 4.74 Å². The zero-order valence-corrected chi connectivity index (χ0v) is 13.1. The summed E-state index contributed by atoms with van der Waals surface area (Å²) in [5.74, 6) is -0.637. The van der Waals surface area contributed by atoms with Crippen LogP contribution in [0.15, 0.2) is 64.2 Å². The maximum absolute atomic E-state index is 12.5. The van der Waals surface area contributed by atoms with E-state index in [-0.39, 0.29) is 6.61 Å². The molecule has 6 heteroatoms. The van der Waals surface area contributed by atoms with Crippen molar-refractivity contribution in [1.29, 1.82) is 0 Å². The summed E-state index contributed by atoms with van der Waals surface area (Å²) in [4.78, 5) is 39.5. The largest absolute Gasteiger partial charge is 0.459 e. The van der Waals surface area contributed by atoms with E-state index >= 15 is 0 Å². The minimum absolute atomic E-state index is 0.0875. The SMILES string of the molecule is CC(C(=O)OCc1ccccc1)n1c(=O)[nH]c2ccccc2c1=O. The molecule has 0 bridgehead atoms. The maximum atomic E-state index is 12.5. The third-order valence-electron chi connectivity index (χ3n) is 3.79. The minimum Gasteiger partial charge on any atom is -0.459 e. The number of rotatable bonds is 4. The van der Waals surface area contributed by atoms with Crippen molar-refractivity contribution in [3.8, 4) is 0 Å². The van der Waals surface area contributed by atoms with Crippen LogP contribution in [0, 0.1) is 0 Å². The number of carbonyl (C=O) groups excluding carboxylic acids is 1. The number of fused-ring (bicyclic) bond motifs is 1. The van der Waals surface area contributed by atoms with E-state index in [1.165, 1.54) is 6.92 Å². The van der Waals surface area contributed by atoms with Crippen LogP contribution >= 0.6 is 0 Å². The van der Waals surface area contributed by atoms with Crippen LogP contribution in [0.3, 0.4) is 0 Å². The average Bonchev–Trinajstić information content (AvgIpc) is 2.60. The summed E-state index contributed by atoms with van der Waals surface area (Å²) in [6, 6.07) is 14.8. The molecule has 0 amide bonds. The maximum Gasteiger partial charge on any atom is 0.329 e. The number of hydrogen-bond acceptors (Lipinski definition) is 4. The smallest absolute Gasteiger partial charge is 0.329 e. The number of benzene rings is 2. The number of aromatic amines is 1. The summed E-state index contributed by atoms with van der Waals surface area (Å²) < 4.78 is 6.10. The lowest BCUT2D eigenvalue weighted by atomic mass is 10.2. The van der Waals surface area contributed by atoms with Crippen molar-refractivity contribution in [2.24, 2.45) is 0 Å². The first-order valence-corrected chi connectivity index (χ1v) is 7.52. The molecule has 0 saturated heterocycles. The molecule has 0 radical (unpaired) electrons. The number of ether oxygens (including phenoxy) is 1. The Balaban J connectivity index is 1.88. The molecule has 3 aromatic rings. The van der Waals surface area contributed by atoms with E-state index < -0.39 is 23.3 Å². The fraction of sp³-hybridized carbons (Fsp3) is 0.167. The molecule has 1 unspecified atom stereocenters. The fourth-order valence-electron chi connectivity index (χ4n) is 2.48. The van der Waals surface area contributed by atoms with Crippen LogP contribution < -0.4 is 11.2 Å². The Hall–Kier alpha value is -3.15. The molecule has 6 nitrogen and oxygen atoms in total. The van der Waals surface area contributed by atoms with E-state index in [9.17, 15) is 14.4 Å². The van der Waals surface area contributed by atoms with E-state index in [0.29, 0.717) is 10.9 Å². The van der Waals surface area contributed by atoms with Crippen molar-refractivity contribution < 1.29 is 9.53 Å². The Bertz CT molecular complexity index is 989. The fourth-order valence-corrected chi connectivity index (χ4v) is 2.48. The third-order valence-corrected chi connectivity index (χ3v) is 3.79. The number of nitrogens with one attached hydrogen (secondary N) is 1. The summed E-state index contributed by atoms with van der Waals surface area (Å²) in [5, 5.41) is 0.347. The second-order valence-corrected chi connectivity index (χ2v) is 5.42. The number of esters is 1. The molecule has 0 aliphatic rings. The summed E-state index contributed by atoms with van der Waals surface area (Å²) >= 11 is 0. The van der Waals surface area contributed by atoms with Crippen LogP contribution in [-0.2, 0) is 16.1 Å². The molecule has 2 aromatic carbocycles. The van der Waals surface area contributed by atoms with Gasteiger partial charge in [0.1, 0.15) is 12.6 Å². The van der Waals surface area contributed by atoms with Gasteiger partial charge >= 0.3 is 11.7 Å². The van der Waals surface area contributed by atoms with Crippen LogP contribution in [0.2, 0.25) is 0 Å². The lowest BCUT2D eigenvalue weighted by Gasteiger charge is -2.14. The number of H-pyrrole nitrogens is 1. The van der Waals surface area contributed by atoms with Crippen LogP contribution in [-0.4, -0.2) is 15.5 Å². The molecule has 0 saturated carbocycles. The Morgan fingerprint density at radius 3 is 2.50 bits per heavy atom. The Kier molecular flexibility index (Phi) is 4.29. The highest BCUT2D eigenvalue weighted by Crippen LogP contribution is 2.09. The van der Waals surface area contributed by atoms with Crippen LogP contribution in [0.4, 0.5) is 0 Å². The molecule has 0 aliphatic heterocycles. The molecule has 0 fully saturated rings. The Morgan fingerprint density at radius 2 is 1.75 bits per heavy atom. The topological polar surface area (TPSA) is 81.2 Å². The van der Waals surface area contributed by atoms with Gasteiger partial charge in [0.05, 0.1) is 10.9 Å². The molecule has 3 rings (SSSR count). The molecule has 1 heterocycles. The van der Waals surface area contributed by atoms with Gasteiger partial charge < -0.3 is 9.72 Å². The predicted octanol–water partition coefficient (Wildman–Crippen LogP) is 1.99. The summed E-state index contributed by atoms with van der Waals surface area (Å²) in [6.45, 7) is 1.56. The molecule has 0 aliphatic carbocycles. The molecule has 1 atom stereocenters. The van der Waals surface area contributed by atoms with Crippen LogP contribution in [0.5, 0.6) is 0 Å². The van der Waals surface area contributed by atoms with Gasteiger partial charge in [0.15, 0.2) is 0 Å². The number of para-hydroxylation sites is 1. The monoisotopic (exact) mass is 324 g/mol. The number of nitrogens with zero attached hydrogens (tertiary/aromatic N) is 1. The quantitative estimate of drug-likeness (QED) is 0.744. The van der Waals surface area contributed by atoms with Crippen molar-refractivity contribution in [3.63, 3.8) is 0 Å². The second kappa shape index (κ2) is 6.54. The average molecular weight is 324 g/mol. The van der Waals surface area contributed by atoms with Gasteiger partial charge in [-0.2, -0.15) is 0 Å². The molecule has 24 heavy (non-hydrogen) atoms. The van der Waals surface area contributed by atoms with Gasteiger partial charge in [0.25, 0.3) is 5.56 Å². The molecular formula is C18H16N2O4. The molecule has 0 spiro atoms. The van der Waals surface area contributed by atoms with E-state index in [1.54, 1.807) is 24.3 Å². The van der Waals surface area contributed by atoms with Crippen LogP contribution in [0.25, 0.3) is 10.9 Å². The first-order chi connectivity index (χ1) is 11.6. The molecule has 1 aromatic heterocycles. The van der Waals surface area contributed by atoms with Gasteiger partial charge in [-0.3, -0.25) is 4.79 Å². The van der Waals surface area contributed by atoms with E-state index in [0.717, 1.165) is 10.1 Å². The van der Waals surface area contributed by atoms with Gasteiger partial charge in [-0.25, -0.2) is 14.2 Å². The van der Waals surface area contributed by atoms with Crippen molar-refractivity contribution in [2.75, 3.05) is 0 Å². The van der Waals surface area contributed by atoms with Crippen molar-refractivity contribution >= 4 is 16.9 Å². The lowest BCUT2D eigenvalue weighted by molar-refractivity contribution is -0.148. The lowest BCUT2D eigenvalue weighted by Crippen LogP contribution is -2.40. The highest BCUT2D eigenvalue weighted by Gasteiger charge is 2.21. The van der Waals surface area contributed by atoms with E-state index in [2.05, 4.69) is 4.98 Å². The predicted molar refractivity (Wildman–Crippen MR) is 89.8 cm³/mol. The zero-order chi connectivity index (χ0) is 17.1. The molecule has 122 valence electrons. The Morgan fingerprint density at radius 1 is 1.08 bits per heavy atom. The second-order valence-electron chi connectivity index (χ2n) is 5.42. The van der Waals surface area contributed by atoms with Gasteiger partial charge in [0, 0.05) is 0 Å². The normalized spacial score (nSPS) is 12.0. The summed E-state index contributed by atoms with van der Waals surface area (Å²) in [6.07, 6.45) is 0. The first kappa shape index (κ1) is 15.7. The van der Waals surface area contributed by atoms with Crippen molar-refractivity contribution in [2.45, 2.75) is 19.6 Å². The number of carbonyl (C=O) groups is 1. The standard InChI is InChI=1S/C18H16N2O4/c1-12(17(22)24-11-13-7-3-2-4-8-13)20-16(21)14-9-5-6-10-15(14)19-18(20)23/h2-10,12H,11H2,1H3,(H,19,23). The van der Waals surface area contributed by atoms with Crippen molar-refractivity contribution in [3.05, 3.63) is 81.0 Å². The van der Waals surface area contributed by atoms with Crippen LogP contribution in [0.1, 0.15) is 18.5 Å². The van der Waals surface area contributed by atoms with E-state index in [1.807, 2.05) is 30.3 Å². The molecule has 1 N–H and O–H groups in total. The van der Waals surface area contributed by atoms with Crippen molar-refractivity contribution in [1.82, 2.24) is 9.55 Å². The highest BCUT2D eigenvalue weighted by atomic mass is 16.5. The number of hydrogen-bond donors (Lipinski definition) is 1.